The Morgan fingerprint density at radius 3 is 2.66 bits per heavy atom. The Morgan fingerprint density at radius 1 is 1.31 bits per heavy atom. The number of non-ortho nitro benzene ring substituents is 1. The minimum atomic E-state index is -0.484. The number of nitro benzene ring substituents is 1. The highest BCUT2D eigenvalue weighted by molar-refractivity contribution is 7.11. The van der Waals surface area contributed by atoms with Crippen LogP contribution >= 0.6 is 11.3 Å². The summed E-state index contributed by atoms with van der Waals surface area (Å²) in [6.45, 7) is 5.19. The predicted octanol–water partition coefficient (Wildman–Crippen LogP) is 2.50. The Balaban J connectivity index is 1.47. The molecule has 1 fully saturated rings. The summed E-state index contributed by atoms with van der Waals surface area (Å²) in [5.74, 6) is -0.307. The van der Waals surface area contributed by atoms with Crippen molar-refractivity contribution in [2.75, 3.05) is 25.0 Å². The van der Waals surface area contributed by atoms with E-state index in [1.54, 1.807) is 18.5 Å². The van der Waals surface area contributed by atoms with Crippen LogP contribution in [-0.4, -0.2) is 52.3 Å². The van der Waals surface area contributed by atoms with Crippen LogP contribution in [0.1, 0.15) is 33.8 Å². The van der Waals surface area contributed by atoms with Crippen molar-refractivity contribution in [3.8, 4) is 0 Å². The summed E-state index contributed by atoms with van der Waals surface area (Å²) in [6, 6.07) is 4.48. The van der Waals surface area contributed by atoms with Gasteiger partial charge < -0.3 is 10.6 Å². The van der Waals surface area contributed by atoms with Gasteiger partial charge in [0.2, 0.25) is 5.91 Å². The average Bonchev–Trinajstić information content (AvgIpc) is 3.11. The third-order valence-electron chi connectivity index (χ3n) is 4.95. The highest BCUT2D eigenvalue weighted by Crippen LogP contribution is 2.22. The quantitative estimate of drug-likeness (QED) is 0.551. The molecule has 1 saturated heterocycles. The van der Waals surface area contributed by atoms with E-state index >= 15 is 0 Å². The minimum absolute atomic E-state index is 0.0568. The molecule has 154 valence electrons. The van der Waals surface area contributed by atoms with Crippen molar-refractivity contribution in [3.63, 3.8) is 0 Å². The molecule has 0 bridgehead atoms. The molecule has 1 aliphatic heterocycles. The first kappa shape index (κ1) is 20.9. The molecule has 2 N–H and O–H groups in total. The lowest BCUT2D eigenvalue weighted by Gasteiger charge is -2.31. The Bertz CT molecular complexity index is 921. The van der Waals surface area contributed by atoms with Crippen LogP contribution in [0.2, 0.25) is 0 Å². The number of nitrogens with zero attached hydrogens (tertiary/aromatic N) is 3. The second-order valence-corrected chi connectivity index (χ2v) is 7.95. The molecule has 0 saturated carbocycles. The fourth-order valence-corrected chi connectivity index (χ4v) is 3.96. The van der Waals surface area contributed by atoms with Crippen LogP contribution in [0.3, 0.4) is 0 Å². The Hall–Kier alpha value is -2.85. The van der Waals surface area contributed by atoms with Crippen LogP contribution < -0.4 is 10.6 Å². The summed E-state index contributed by atoms with van der Waals surface area (Å²) >= 11 is 1.33. The fraction of sp³-hybridized carbons (Fsp3) is 0.421. The van der Waals surface area contributed by atoms with Crippen molar-refractivity contribution in [2.45, 2.75) is 32.7 Å². The second kappa shape index (κ2) is 9.10. The molecule has 0 atom stereocenters. The van der Waals surface area contributed by atoms with Gasteiger partial charge >= 0.3 is 0 Å². The van der Waals surface area contributed by atoms with E-state index in [2.05, 4.69) is 15.6 Å². The molecule has 0 aliphatic carbocycles. The number of aryl methyl sites for hydroxylation is 2. The molecule has 0 spiro atoms. The van der Waals surface area contributed by atoms with Crippen molar-refractivity contribution in [1.82, 2.24) is 15.2 Å². The van der Waals surface area contributed by atoms with E-state index in [4.69, 9.17) is 0 Å². The molecular weight excluding hydrogens is 394 g/mol. The van der Waals surface area contributed by atoms with Gasteiger partial charge in [-0.1, -0.05) is 6.07 Å². The maximum absolute atomic E-state index is 12.4. The third kappa shape index (κ3) is 5.36. The highest BCUT2D eigenvalue weighted by Gasteiger charge is 2.24. The first-order chi connectivity index (χ1) is 13.8. The number of piperidine rings is 1. The molecule has 9 nitrogen and oxygen atoms in total. The van der Waals surface area contributed by atoms with E-state index in [0.29, 0.717) is 23.7 Å². The lowest BCUT2D eigenvalue weighted by molar-refractivity contribution is -0.384. The van der Waals surface area contributed by atoms with Gasteiger partial charge in [0.05, 0.1) is 28.4 Å². The van der Waals surface area contributed by atoms with E-state index in [0.717, 1.165) is 24.1 Å². The maximum Gasteiger partial charge on any atom is 0.271 e. The standard InChI is InChI=1S/C19H23N5O4S/c1-12-3-4-15(24(27)28)9-16(12)22-17(25)10-23-7-5-14(6-8-23)21-19(26)18-13(2)20-11-29-18/h3-4,9,11,14H,5-8,10H2,1-2H3,(H,21,26)(H,22,25). The number of benzene rings is 1. The summed E-state index contributed by atoms with van der Waals surface area (Å²) in [5.41, 5.74) is 3.56. The molecule has 3 rings (SSSR count). The number of hydrogen-bond acceptors (Lipinski definition) is 7. The van der Waals surface area contributed by atoms with E-state index in [9.17, 15) is 19.7 Å². The molecule has 0 radical (unpaired) electrons. The van der Waals surface area contributed by atoms with Gasteiger partial charge in [0.1, 0.15) is 4.88 Å². The van der Waals surface area contributed by atoms with Gasteiger partial charge in [-0.3, -0.25) is 24.6 Å². The number of nitrogens with one attached hydrogen (secondary N) is 2. The zero-order chi connectivity index (χ0) is 21.0. The van der Waals surface area contributed by atoms with Gasteiger partial charge in [-0.15, -0.1) is 11.3 Å². The van der Waals surface area contributed by atoms with Crippen molar-refractivity contribution in [1.29, 1.82) is 0 Å². The van der Waals surface area contributed by atoms with E-state index in [-0.39, 0.29) is 30.1 Å². The normalized spacial score (nSPS) is 15.1. The van der Waals surface area contributed by atoms with Crippen LogP contribution in [0.25, 0.3) is 0 Å². The third-order valence-corrected chi connectivity index (χ3v) is 5.88. The highest BCUT2D eigenvalue weighted by atomic mass is 32.1. The van der Waals surface area contributed by atoms with Crippen LogP contribution in [-0.2, 0) is 4.79 Å². The molecule has 10 heteroatoms. The first-order valence-corrected chi connectivity index (χ1v) is 10.2. The smallest absolute Gasteiger partial charge is 0.271 e. The number of thiazole rings is 1. The number of carbonyl (C=O) groups excluding carboxylic acids is 2. The lowest BCUT2D eigenvalue weighted by Crippen LogP contribution is -2.46. The Labute approximate surface area is 172 Å². The molecule has 1 aliphatic rings. The van der Waals surface area contributed by atoms with E-state index in [1.807, 2.05) is 11.8 Å². The van der Waals surface area contributed by atoms with Crippen molar-refractivity contribution < 1.29 is 14.5 Å². The minimum Gasteiger partial charge on any atom is -0.348 e. The zero-order valence-corrected chi connectivity index (χ0v) is 17.1. The number of likely N-dealkylation sites (tertiary alicyclic amines) is 1. The molecule has 2 heterocycles. The van der Waals surface area contributed by atoms with Crippen LogP contribution in [0.5, 0.6) is 0 Å². The molecule has 29 heavy (non-hydrogen) atoms. The maximum atomic E-state index is 12.4. The Morgan fingerprint density at radius 2 is 2.03 bits per heavy atom. The van der Waals surface area contributed by atoms with Gasteiger partial charge in [0.25, 0.3) is 11.6 Å². The number of rotatable bonds is 6. The van der Waals surface area contributed by atoms with Crippen molar-refractivity contribution >= 4 is 34.5 Å². The van der Waals surface area contributed by atoms with Gasteiger partial charge in [0.15, 0.2) is 0 Å². The molecule has 2 amide bonds. The Kier molecular flexibility index (Phi) is 6.55. The number of anilines is 1. The summed E-state index contributed by atoms with van der Waals surface area (Å²) in [5, 5.41) is 16.7. The summed E-state index contributed by atoms with van der Waals surface area (Å²) in [6.07, 6.45) is 1.51. The average molecular weight is 417 g/mol. The van der Waals surface area contributed by atoms with E-state index in [1.165, 1.54) is 23.5 Å². The molecular formula is C19H23N5O4S. The fourth-order valence-electron chi connectivity index (χ4n) is 3.26. The zero-order valence-electron chi connectivity index (χ0n) is 16.3. The molecule has 0 unspecified atom stereocenters. The number of aromatic nitrogens is 1. The van der Waals surface area contributed by atoms with E-state index < -0.39 is 4.92 Å². The summed E-state index contributed by atoms with van der Waals surface area (Å²) in [4.78, 5) is 41.9. The van der Waals surface area contributed by atoms with Crippen LogP contribution in [0, 0.1) is 24.0 Å². The second-order valence-electron chi connectivity index (χ2n) is 7.10. The predicted molar refractivity (Wildman–Crippen MR) is 110 cm³/mol. The van der Waals surface area contributed by atoms with Gasteiger partial charge in [-0.25, -0.2) is 4.98 Å². The lowest BCUT2D eigenvalue weighted by atomic mass is 10.0. The molecule has 1 aromatic carbocycles. The topological polar surface area (TPSA) is 117 Å². The largest absolute Gasteiger partial charge is 0.348 e. The summed E-state index contributed by atoms with van der Waals surface area (Å²) in [7, 11) is 0. The number of amides is 2. The van der Waals surface area contributed by atoms with Crippen molar-refractivity contribution in [2.24, 2.45) is 0 Å². The monoisotopic (exact) mass is 417 g/mol. The SMILES string of the molecule is Cc1ccc([N+](=O)[O-])cc1NC(=O)CN1CCC(NC(=O)c2scnc2C)CC1. The van der Waals surface area contributed by atoms with Gasteiger partial charge in [-0.05, 0) is 32.3 Å². The number of nitro groups is 1. The number of hydrogen-bond donors (Lipinski definition) is 2. The van der Waals surface area contributed by atoms with Crippen molar-refractivity contribution in [3.05, 3.63) is 50.0 Å². The van der Waals surface area contributed by atoms with Gasteiger partial charge in [0, 0.05) is 31.3 Å². The van der Waals surface area contributed by atoms with Crippen LogP contribution in [0.15, 0.2) is 23.7 Å². The van der Waals surface area contributed by atoms with Crippen LogP contribution in [0.4, 0.5) is 11.4 Å². The number of carbonyl (C=O) groups is 2. The molecule has 2 aromatic rings. The first-order valence-electron chi connectivity index (χ1n) is 9.31. The molecule has 1 aromatic heterocycles. The van der Waals surface area contributed by atoms with Gasteiger partial charge in [-0.2, -0.15) is 0 Å². The summed E-state index contributed by atoms with van der Waals surface area (Å²) < 4.78 is 0.